The highest BCUT2D eigenvalue weighted by Crippen LogP contribution is 2.37. The fraction of sp³-hybridized carbons (Fsp3) is 0.120. The Balaban J connectivity index is 1.90. The number of rotatable bonds is 5. The quantitative estimate of drug-likeness (QED) is 0.604. The molecule has 0 fully saturated rings. The number of nitrogens with zero attached hydrogens (tertiary/aromatic N) is 1. The maximum Gasteiger partial charge on any atom is 0.282 e. The second kappa shape index (κ2) is 8.07. The van der Waals surface area contributed by atoms with Crippen LogP contribution in [-0.4, -0.2) is 18.9 Å². The molecule has 2 amide bonds. The van der Waals surface area contributed by atoms with Gasteiger partial charge in [-0.2, -0.15) is 0 Å². The van der Waals surface area contributed by atoms with E-state index in [1.807, 2.05) is 26.0 Å². The van der Waals surface area contributed by atoms with Crippen molar-refractivity contribution >= 4 is 28.8 Å². The van der Waals surface area contributed by atoms with Gasteiger partial charge in [0.05, 0.1) is 24.1 Å². The summed E-state index contributed by atoms with van der Waals surface area (Å²) in [7, 11) is 1.52. The molecule has 0 aromatic heterocycles. The Morgan fingerprint density at radius 1 is 0.903 bits per heavy atom. The van der Waals surface area contributed by atoms with E-state index in [1.54, 1.807) is 36.4 Å². The highest BCUT2D eigenvalue weighted by atomic mass is 19.1. The molecule has 31 heavy (non-hydrogen) atoms. The van der Waals surface area contributed by atoms with Gasteiger partial charge in [0.1, 0.15) is 17.3 Å². The molecule has 0 aliphatic carbocycles. The Kier molecular flexibility index (Phi) is 5.29. The number of para-hydroxylation sites is 3. The molecule has 1 aliphatic rings. The molecular formula is C25H21FN2O3. The van der Waals surface area contributed by atoms with Gasteiger partial charge in [-0.15, -0.1) is 0 Å². The highest BCUT2D eigenvalue weighted by molar-refractivity contribution is 6.46. The zero-order valence-corrected chi connectivity index (χ0v) is 17.4. The fourth-order valence-electron chi connectivity index (χ4n) is 3.72. The van der Waals surface area contributed by atoms with Crippen molar-refractivity contribution < 1.29 is 18.7 Å². The number of aryl methyl sites for hydroxylation is 2. The lowest BCUT2D eigenvalue weighted by Crippen LogP contribution is -2.33. The standard InChI is InChI=1S/C25H21FN2O3/c1-15-12-13-17(16(2)14-15)22-23(27-19-9-5-7-11-21(19)31-3)25(30)28(24(22)29)20-10-6-4-8-18(20)26/h4-14,27H,1-3H3. The summed E-state index contributed by atoms with van der Waals surface area (Å²) in [6, 6.07) is 18.4. The van der Waals surface area contributed by atoms with Crippen LogP contribution in [0.2, 0.25) is 0 Å². The monoisotopic (exact) mass is 416 g/mol. The lowest BCUT2D eigenvalue weighted by Gasteiger charge is -2.16. The lowest BCUT2D eigenvalue weighted by atomic mass is 9.97. The van der Waals surface area contributed by atoms with Crippen molar-refractivity contribution in [3.8, 4) is 5.75 Å². The van der Waals surface area contributed by atoms with Crippen LogP contribution >= 0.6 is 0 Å². The van der Waals surface area contributed by atoms with E-state index < -0.39 is 17.6 Å². The van der Waals surface area contributed by atoms with Crippen LogP contribution in [0.4, 0.5) is 15.8 Å². The number of halogens is 1. The fourth-order valence-corrected chi connectivity index (χ4v) is 3.72. The van der Waals surface area contributed by atoms with Crippen LogP contribution in [0.1, 0.15) is 16.7 Å². The Hall–Kier alpha value is -3.93. The molecule has 3 aromatic carbocycles. The minimum Gasteiger partial charge on any atom is -0.495 e. The molecule has 0 unspecified atom stereocenters. The zero-order chi connectivity index (χ0) is 22.1. The SMILES string of the molecule is COc1ccccc1NC1=C(c2ccc(C)cc2C)C(=O)N(c2ccccc2F)C1=O. The van der Waals surface area contributed by atoms with Gasteiger partial charge in [0.15, 0.2) is 0 Å². The first kappa shape index (κ1) is 20.3. The van der Waals surface area contributed by atoms with Crippen molar-refractivity contribution in [3.63, 3.8) is 0 Å². The first-order valence-corrected chi connectivity index (χ1v) is 9.77. The van der Waals surface area contributed by atoms with Crippen molar-refractivity contribution in [3.05, 3.63) is 94.9 Å². The summed E-state index contributed by atoms with van der Waals surface area (Å²) in [5.74, 6) is -1.35. The minimum absolute atomic E-state index is 0.0738. The van der Waals surface area contributed by atoms with Crippen LogP contribution in [0.5, 0.6) is 5.75 Å². The van der Waals surface area contributed by atoms with Crippen molar-refractivity contribution in [1.82, 2.24) is 0 Å². The van der Waals surface area contributed by atoms with Gasteiger partial charge in [-0.3, -0.25) is 9.59 Å². The summed E-state index contributed by atoms with van der Waals surface area (Å²) in [5.41, 5.74) is 3.19. The number of ether oxygens (including phenoxy) is 1. The number of imide groups is 1. The molecule has 6 heteroatoms. The molecule has 156 valence electrons. The van der Waals surface area contributed by atoms with Gasteiger partial charge in [0.2, 0.25) is 0 Å². The summed E-state index contributed by atoms with van der Waals surface area (Å²) in [6.45, 7) is 3.83. The molecule has 4 rings (SSSR count). The number of anilines is 2. The molecule has 5 nitrogen and oxygen atoms in total. The number of methoxy groups -OCH3 is 1. The topological polar surface area (TPSA) is 58.6 Å². The number of hydrogen-bond donors (Lipinski definition) is 1. The largest absolute Gasteiger partial charge is 0.495 e. The maximum atomic E-state index is 14.5. The number of nitrogens with one attached hydrogen (secondary N) is 1. The van der Waals surface area contributed by atoms with Crippen LogP contribution in [0.15, 0.2) is 72.4 Å². The number of amides is 2. The summed E-state index contributed by atoms with van der Waals surface area (Å²) < 4.78 is 19.9. The van der Waals surface area contributed by atoms with E-state index in [4.69, 9.17) is 4.74 Å². The van der Waals surface area contributed by atoms with Crippen LogP contribution in [0.3, 0.4) is 0 Å². The molecule has 0 saturated carbocycles. The molecule has 3 aromatic rings. The van der Waals surface area contributed by atoms with Crippen LogP contribution in [0, 0.1) is 19.7 Å². The number of benzene rings is 3. The van der Waals surface area contributed by atoms with Gasteiger partial charge < -0.3 is 10.1 Å². The smallest absolute Gasteiger partial charge is 0.282 e. The molecule has 0 saturated heterocycles. The van der Waals surface area contributed by atoms with Crippen molar-refractivity contribution in [1.29, 1.82) is 0 Å². The van der Waals surface area contributed by atoms with Crippen LogP contribution in [0.25, 0.3) is 5.57 Å². The van der Waals surface area contributed by atoms with E-state index in [9.17, 15) is 14.0 Å². The predicted octanol–water partition coefficient (Wildman–Crippen LogP) is 4.85. The van der Waals surface area contributed by atoms with E-state index in [2.05, 4.69) is 5.32 Å². The predicted molar refractivity (Wildman–Crippen MR) is 118 cm³/mol. The first-order valence-electron chi connectivity index (χ1n) is 9.77. The summed E-state index contributed by atoms with van der Waals surface area (Å²) in [4.78, 5) is 27.8. The van der Waals surface area contributed by atoms with Crippen molar-refractivity contribution in [2.75, 3.05) is 17.3 Å². The van der Waals surface area contributed by atoms with Gasteiger partial charge in [0.25, 0.3) is 11.8 Å². The third kappa shape index (κ3) is 3.57. The summed E-state index contributed by atoms with van der Waals surface area (Å²) in [6.07, 6.45) is 0. The molecule has 0 spiro atoms. The second-order valence-corrected chi connectivity index (χ2v) is 7.29. The highest BCUT2D eigenvalue weighted by Gasteiger charge is 2.41. The number of carbonyl (C=O) groups is 2. The molecule has 1 N–H and O–H groups in total. The average molecular weight is 416 g/mol. The number of hydrogen-bond acceptors (Lipinski definition) is 4. The van der Waals surface area contributed by atoms with Gasteiger partial charge in [-0.1, -0.05) is 48.0 Å². The maximum absolute atomic E-state index is 14.5. The molecule has 0 atom stereocenters. The normalized spacial score (nSPS) is 13.7. The molecule has 1 aliphatic heterocycles. The molecule has 0 radical (unpaired) electrons. The van der Waals surface area contributed by atoms with Crippen molar-refractivity contribution in [2.24, 2.45) is 0 Å². The lowest BCUT2D eigenvalue weighted by molar-refractivity contribution is -0.120. The molecule has 0 bridgehead atoms. The Labute approximate surface area is 179 Å². The Morgan fingerprint density at radius 3 is 2.32 bits per heavy atom. The van der Waals surface area contributed by atoms with E-state index in [0.29, 0.717) is 17.0 Å². The van der Waals surface area contributed by atoms with Gasteiger partial charge in [0, 0.05) is 0 Å². The Bertz CT molecular complexity index is 1230. The third-order valence-corrected chi connectivity index (χ3v) is 5.20. The zero-order valence-electron chi connectivity index (χ0n) is 17.4. The van der Waals surface area contributed by atoms with Crippen LogP contribution < -0.4 is 15.0 Å². The third-order valence-electron chi connectivity index (χ3n) is 5.20. The van der Waals surface area contributed by atoms with Crippen LogP contribution in [-0.2, 0) is 9.59 Å². The second-order valence-electron chi connectivity index (χ2n) is 7.29. The van der Waals surface area contributed by atoms with E-state index in [0.717, 1.165) is 16.0 Å². The number of carbonyl (C=O) groups excluding carboxylic acids is 2. The summed E-state index contributed by atoms with van der Waals surface area (Å²) >= 11 is 0. The molecule has 1 heterocycles. The first-order chi connectivity index (χ1) is 14.9. The van der Waals surface area contributed by atoms with Crippen molar-refractivity contribution in [2.45, 2.75) is 13.8 Å². The van der Waals surface area contributed by atoms with Gasteiger partial charge in [-0.25, -0.2) is 9.29 Å². The van der Waals surface area contributed by atoms with Gasteiger partial charge >= 0.3 is 0 Å². The van der Waals surface area contributed by atoms with E-state index in [-0.39, 0.29) is 17.0 Å². The van der Waals surface area contributed by atoms with Gasteiger partial charge in [-0.05, 0) is 49.2 Å². The summed E-state index contributed by atoms with van der Waals surface area (Å²) in [5, 5.41) is 3.07. The molecular weight excluding hydrogens is 395 g/mol. The average Bonchev–Trinajstić information content (AvgIpc) is 2.99. The van der Waals surface area contributed by atoms with E-state index >= 15 is 0 Å². The van der Waals surface area contributed by atoms with E-state index in [1.165, 1.54) is 25.3 Å². The Morgan fingerprint density at radius 2 is 1.61 bits per heavy atom. The minimum atomic E-state index is -0.650.